The summed E-state index contributed by atoms with van der Waals surface area (Å²) >= 11 is 1.60. The van der Waals surface area contributed by atoms with Crippen LogP contribution in [0.3, 0.4) is 0 Å². The number of carbonyl (C=O) groups is 2. The lowest BCUT2D eigenvalue weighted by molar-refractivity contribution is -0.0761. The first kappa shape index (κ1) is 18.3. The Morgan fingerprint density at radius 3 is 2.26 bits per heavy atom. The van der Waals surface area contributed by atoms with E-state index in [1.165, 1.54) is 18.2 Å². The lowest BCUT2D eigenvalue weighted by Crippen LogP contribution is -2.44. The Kier molecular flexibility index (Phi) is 4.02. The van der Waals surface area contributed by atoms with Crippen molar-refractivity contribution in [3.8, 4) is 0 Å². The third-order valence-corrected chi connectivity index (χ3v) is 6.43. The molecule has 0 N–H and O–H groups in total. The average Bonchev–Trinajstić information content (AvgIpc) is 3.40. The SMILES string of the molecule is O=C1c2cccc3c(SC4CC4)ccc(c23)C(=O)N1OS(=O)(=O)C(F)(F)F. The van der Waals surface area contributed by atoms with Crippen LogP contribution >= 0.6 is 11.8 Å². The standard InChI is InChI=1S/C16H10F3NO5S2/c17-16(18,19)27(23,24)25-20-14(21)10-3-1-2-9-12(26-8-4-5-8)7-6-11(13(9)10)15(20)22/h1-3,6-8H,4-5H2. The van der Waals surface area contributed by atoms with E-state index < -0.39 is 27.4 Å². The second kappa shape index (κ2) is 5.94. The van der Waals surface area contributed by atoms with Gasteiger partial charge in [0.15, 0.2) is 0 Å². The first-order valence-electron chi connectivity index (χ1n) is 7.72. The third-order valence-electron chi connectivity index (χ3n) is 4.10. The van der Waals surface area contributed by atoms with Gasteiger partial charge in [-0.3, -0.25) is 9.59 Å². The Morgan fingerprint density at radius 1 is 1.04 bits per heavy atom. The maximum Gasteiger partial charge on any atom is 0.525 e. The molecule has 1 fully saturated rings. The second-order valence-corrected chi connectivity index (χ2v) is 8.90. The number of carbonyl (C=O) groups excluding carboxylic acids is 2. The molecule has 27 heavy (non-hydrogen) atoms. The van der Waals surface area contributed by atoms with Crippen molar-refractivity contribution >= 4 is 44.5 Å². The van der Waals surface area contributed by atoms with Gasteiger partial charge in [-0.15, -0.1) is 21.1 Å². The van der Waals surface area contributed by atoms with Crippen molar-refractivity contribution in [2.45, 2.75) is 28.5 Å². The number of rotatable bonds is 4. The molecule has 1 heterocycles. The van der Waals surface area contributed by atoms with Gasteiger partial charge in [-0.05, 0) is 36.4 Å². The molecule has 4 rings (SSSR count). The number of alkyl halides is 3. The molecule has 0 spiro atoms. The molecular weight excluding hydrogens is 407 g/mol. The first-order valence-corrected chi connectivity index (χ1v) is 10.0. The van der Waals surface area contributed by atoms with E-state index in [1.807, 2.05) is 0 Å². The molecular formula is C16H10F3NO5S2. The van der Waals surface area contributed by atoms with Crippen LogP contribution in [0.25, 0.3) is 10.8 Å². The summed E-state index contributed by atoms with van der Waals surface area (Å²) in [4.78, 5) is 25.9. The van der Waals surface area contributed by atoms with Crippen molar-refractivity contribution in [1.29, 1.82) is 0 Å². The number of nitrogens with zero attached hydrogens (tertiary/aromatic N) is 1. The average molecular weight is 417 g/mol. The van der Waals surface area contributed by atoms with Gasteiger partial charge in [-0.1, -0.05) is 12.1 Å². The highest BCUT2D eigenvalue weighted by Gasteiger charge is 2.51. The predicted molar refractivity (Wildman–Crippen MR) is 89.4 cm³/mol. The van der Waals surface area contributed by atoms with Crippen LogP contribution in [0, 0.1) is 0 Å². The van der Waals surface area contributed by atoms with Crippen LogP contribution in [0.15, 0.2) is 35.2 Å². The van der Waals surface area contributed by atoms with E-state index in [9.17, 15) is 31.2 Å². The van der Waals surface area contributed by atoms with Crippen LogP contribution < -0.4 is 0 Å². The minimum absolute atomic E-state index is 0.0993. The van der Waals surface area contributed by atoms with Crippen molar-refractivity contribution in [3.63, 3.8) is 0 Å². The van der Waals surface area contributed by atoms with E-state index in [0.717, 1.165) is 17.7 Å². The molecule has 11 heteroatoms. The van der Waals surface area contributed by atoms with E-state index in [4.69, 9.17) is 0 Å². The van der Waals surface area contributed by atoms with Gasteiger partial charge in [0.05, 0.1) is 11.1 Å². The summed E-state index contributed by atoms with van der Waals surface area (Å²) < 4.78 is 64.1. The quantitative estimate of drug-likeness (QED) is 0.560. The molecule has 0 aromatic heterocycles. The Hall–Kier alpha value is -2.11. The van der Waals surface area contributed by atoms with Gasteiger partial charge in [-0.2, -0.15) is 21.6 Å². The summed E-state index contributed by atoms with van der Waals surface area (Å²) in [7, 11) is -6.17. The molecule has 0 bridgehead atoms. The zero-order valence-corrected chi connectivity index (χ0v) is 15.0. The summed E-state index contributed by atoms with van der Waals surface area (Å²) in [6.07, 6.45) is 2.12. The topological polar surface area (TPSA) is 80.8 Å². The molecule has 0 unspecified atom stereocenters. The molecule has 142 valence electrons. The maximum absolute atomic E-state index is 12.6. The third kappa shape index (κ3) is 2.99. The lowest BCUT2D eigenvalue weighted by Gasteiger charge is -2.26. The van der Waals surface area contributed by atoms with E-state index in [-0.39, 0.29) is 21.6 Å². The number of halogens is 3. The highest BCUT2D eigenvalue weighted by Crippen LogP contribution is 2.44. The fraction of sp³-hybridized carbons (Fsp3) is 0.250. The van der Waals surface area contributed by atoms with E-state index in [1.54, 1.807) is 23.9 Å². The molecule has 2 amide bonds. The monoisotopic (exact) mass is 417 g/mol. The Bertz CT molecular complexity index is 1070. The number of thioether (sulfide) groups is 1. The van der Waals surface area contributed by atoms with Gasteiger partial charge in [0.1, 0.15) is 0 Å². The molecule has 6 nitrogen and oxygen atoms in total. The van der Waals surface area contributed by atoms with Crippen LogP contribution in [-0.2, 0) is 14.4 Å². The lowest BCUT2D eigenvalue weighted by atomic mass is 9.95. The summed E-state index contributed by atoms with van der Waals surface area (Å²) in [5, 5.41) is 0.992. The predicted octanol–water partition coefficient (Wildman–Crippen LogP) is 3.47. The molecule has 0 saturated heterocycles. The molecule has 2 aliphatic rings. The highest BCUT2D eigenvalue weighted by molar-refractivity contribution is 8.00. The Labute approximate surface area is 155 Å². The van der Waals surface area contributed by atoms with Crippen LogP contribution in [0.4, 0.5) is 13.2 Å². The molecule has 1 aliphatic carbocycles. The number of benzene rings is 2. The summed E-state index contributed by atoms with van der Waals surface area (Å²) in [6, 6.07) is 7.53. The summed E-state index contributed by atoms with van der Waals surface area (Å²) in [5.74, 6) is -2.53. The number of hydrogen-bond donors (Lipinski definition) is 0. The van der Waals surface area contributed by atoms with Crippen molar-refractivity contribution in [3.05, 3.63) is 41.5 Å². The fourth-order valence-corrected chi connectivity index (χ4v) is 4.31. The molecule has 2 aromatic carbocycles. The fourth-order valence-electron chi connectivity index (χ4n) is 2.72. The van der Waals surface area contributed by atoms with E-state index in [0.29, 0.717) is 10.6 Å². The van der Waals surface area contributed by atoms with Crippen molar-refractivity contribution in [2.24, 2.45) is 0 Å². The smallest absolute Gasteiger partial charge is 0.266 e. The molecule has 0 radical (unpaired) electrons. The van der Waals surface area contributed by atoms with E-state index in [2.05, 4.69) is 4.28 Å². The molecule has 1 saturated carbocycles. The van der Waals surface area contributed by atoms with Crippen LogP contribution in [0.1, 0.15) is 33.6 Å². The molecule has 0 atom stereocenters. The second-order valence-electron chi connectivity index (χ2n) is 6.04. The van der Waals surface area contributed by atoms with Crippen LogP contribution in [0.2, 0.25) is 0 Å². The van der Waals surface area contributed by atoms with Crippen molar-refractivity contribution in [2.75, 3.05) is 0 Å². The van der Waals surface area contributed by atoms with Gasteiger partial charge in [-0.25, -0.2) is 0 Å². The van der Waals surface area contributed by atoms with Crippen LogP contribution in [-0.4, -0.2) is 36.1 Å². The number of amides is 2. The van der Waals surface area contributed by atoms with Gasteiger partial charge in [0, 0.05) is 15.5 Å². The van der Waals surface area contributed by atoms with Crippen LogP contribution in [0.5, 0.6) is 0 Å². The minimum atomic E-state index is -6.17. The number of imide groups is 1. The van der Waals surface area contributed by atoms with E-state index >= 15 is 0 Å². The maximum atomic E-state index is 12.6. The Morgan fingerprint density at radius 2 is 1.67 bits per heavy atom. The van der Waals surface area contributed by atoms with Crippen molar-refractivity contribution < 1.29 is 35.5 Å². The highest BCUT2D eigenvalue weighted by atomic mass is 32.2. The zero-order chi connectivity index (χ0) is 19.6. The summed E-state index contributed by atoms with van der Waals surface area (Å²) in [6.45, 7) is 0. The van der Waals surface area contributed by atoms with Gasteiger partial charge in [0.2, 0.25) is 0 Å². The normalized spacial score (nSPS) is 17.7. The minimum Gasteiger partial charge on any atom is -0.266 e. The first-order chi connectivity index (χ1) is 12.6. The van der Waals surface area contributed by atoms with Gasteiger partial charge < -0.3 is 0 Å². The zero-order valence-electron chi connectivity index (χ0n) is 13.3. The number of hydroxylamine groups is 2. The van der Waals surface area contributed by atoms with Gasteiger partial charge in [0.25, 0.3) is 11.8 Å². The molecule has 2 aromatic rings. The van der Waals surface area contributed by atoms with Gasteiger partial charge >= 0.3 is 15.6 Å². The van der Waals surface area contributed by atoms with Crippen molar-refractivity contribution in [1.82, 2.24) is 5.06 Å². The largest absolute Gasteiger partial charge is 0.525 e. The number of hydrogen-bond acceptors (Lipinski definition) is 6. The Balaban J connectivity index is 1.82. The molecule has 1 aliphatic heterocycles. The summed E-state index contributed by atoms with van der Waals surface area (Å²) in [5.41, 5.74) is -5.97.